The highest BCUT2D eigenvalue weighted by Crippen LogP contribution is 2.20. The van der Waals surface area contributed by atoms with Crippen LogP contribution in [0, 0.1) is 25.2 Å². The van der Waals surface area contributed by atoms with E-state index in [1.165, 1.54) is 0 Å². The molecule has 3 aromatic rings. The van der Waals surface area contributed by atoms with Crippen LogP contribution < -0.4 is 10.3 Å². The molecule has 0 bridgehead atoms. The van der Waals surface area contributed by atoms with Crippen LogP contribution in [-0.2, 0) is 6.54 Å². The van der Waals surface area contributed by atoms with Gasteiger partial charge in [-0.3, -0.25) is 4.79 Å². The maximum absolute atomic E-state index is 12.3. The second-order valence-electron chi connectivity index (χ2n) is 6.16. The van der Waals surface area contributed by atoms with Crippen LogP contribution >= 0.6 is 0 Å². The minimum Gasteiger partial charge on any atom is -0.491 e. The summed E-state index contributed by atoms with van der Waals surface area (Å²) in [5.74, 6) is 0.640. The summed E-state index contributed by atoms with van der Waals surface area (Å²) in [4.78, 5) is 12.3. The smallest absolute Gasteiger partial charge is 0.285 e. The Morgan fingerprint density at radius 2 is 1.96 bits per heavy atom. The molecule has 0 aliphatic rings. The summed E-state index contributed by atoms with van der Waals surface area (Å²) >= 11 is 0. The van der Waals surface area contributed by atoms with E-state index in [0.717, 1.165) is 15.5 Å². The van der Waals surface area contributed by atoms with Gasteiger partial charge in [0.05, 0.1) is 12.2 Å². The van der Waals surface area contributed by atoms with Crippen LogP contribution in [-0.4, -0.2) is 27.6 Å². The topological polar surface area (TPSA) is 88.1 Å². The van der Waals surface area contributed by atoms with Crippen molar-refractivity contribution in [2.24, 2.45) is 0 Å². The standard InChI is InChI=1S/C20H19N3O3/c1-13-14(2)22-23(20(25)19(13)10-21)11-17(24)12-26-18-8-7-15-5-3-4-6-16(15)9-18/h3-9,17,24H,11-12H2,1-2H3. The lowest BCUT2D eigenvalue weighted by atomic mass is 10.1. The van der Waals surface area contributed by atoms with Crippen molar-refractivity contribution in [2.75, 3.05) is 6.61 Å². The van der Waals surface area contributed by atoms with Crippen LogP contribution in [0.3, 0.4) is 0 Å². The molecule has 1 heterocycles. The van der Waals surface area contributed by atoms with Gasteiger partial charge in [0.1, 0.15) is 30.1 Å². The number of aliphatic hydroxyl groups is 1. The molecule has 0 saturated carbocycles. The number of benzene rings is 2. The zero-order valence-corrected chi connectivity index (χ0v) is 14.6. The van der Waals surface area contributed by atoms with E-state index < -0.39 is 11.7 Å². The lowest BCUT2D eigenvalue weighted by Gasteiger charge is -2.15. The molecular weight excluding hydrogens is 330 g/mol. The van der Waals surface area contributed by atoms with Gasteiger partial charge in [-0.1, -0.05) is 30.3 Å². The van der Waals surface area contributed by atoms with Crippen LogP contribution in [0.5, 0.6) is 5.75 Å². The highest BCUT2D eigenvalue weighted by Gasteiger charge is 2.15. The predicted molar refractivity (Wildman–Crippen MR) is 98.1 cm³/mol. The van der Waals surface area contributed by atoms with Gasteiger partial charge in [0.2, 0.25) is 0 Å². The van der Waals surface area contributed by atoms with Crippen molar-refractivity contribution in [1.82, 2.24) is 9.78 Å². The quantitative estimate of drug-likeness (QED) is 0.764. The van der Waals surface area contributed by atoms with E-state index in [1.54, 1.807) is 13.8 Å². The largest absolute Gasteiger partial charge is 0.491 e. The monoisotopic (exact) mass is 349 g/mol. The molecule has 6 nitrogen and oxygen atoms in total. The average Bonchev–Trinajstić information content (AvgIpc) is 2.65. The second-order valence-corrected chi connectivity index (χ2v) is 6.16. The number of fused-ring (bicyclic) bond motifs is 1. The molecule has 0 amide bonds. The molecule has 0 spiro atoms. The van der Waals surface area contributed by atoms with Gasteiger partial charge >= 0.3 is 0 Å². The van der Waals surface area contributed by atoms with E-state index in [2.05, 4.69) is 5.10 Å². The minimum absolute atomic E-state index is 0.0151. The zero-order valence-electron chi connectivity index (χ0n) is 14.6. The number of hydrogen-bond donors (Lipinski definition) is 1. The fraction of sp³-hybridized carbons (Fsp3) is 0.250. The summed E-state index contributed by atoms with van der Waals surface area (Å²) in [5.41, 5.74) is 0.708. The normalized spacial score (nSPS) is 11.9. The molecule has 0 fully saturated rings. The molecular formula is C20H19N3O3. The third-order valence-electron chi connectivity index (χ3n) is 4.30. The van der Waals surface area contributed by atoms with Crippen molar-refractivity contribution in [3.05, 3.63) is 69.6 Å². The Morgan fingerprint density at radius 3 is 2.69 bits per heavy atom. The molecule has 1 atom stereocenters. The summed E-state index contributed by atoms with van der Waals surface area (Å²) in [6.07, 6.45) is -0.930. The van der Waals surface area contributed by atoms with Crippen molar-refractivity contribution < 1.29 is 9.84 Å². The van der Waals surface area contributed by atoms with E-state index in [0.29, 0.717) is 17.0 Å². The fourth-order valence-corrected chi connectivity index (χ4v) is 2.73. The molecule has 0 aliphatic heterocycles. The second kappa shape index (κ2) is 7.38. The van der Waals surface area contributed by atoms with E-state index in [9.17, 15) is 9.90 Å². The van der Waals surface area contributed by atoms with E-state index in [1.807, 2.05) is 48.5 Å². The molecule has 1 N–H and O–H groups in total. The molecule has 3 rings (SSSR count). The Labute approximate surface area is 150 Å². The molecule has 26 heavy (non-hydrogen) atoms. The van der Waals surface area contributed by atoms with Crippen molar-refractivity contribution in [2.45, 2.75) is 26.5 Å². The maximum atomic E-state index is 12.3. The van der Waals surface area contributed by atoms with Crippen molar-refractivity contribution in [3.8, 4) is 11.8 Å². The first-order chi connectivity index (χ1) is 12.5. The Bertz CT molecular complexity index is 1050. The first-order valence-electron chi connectivity index (χ1n) is 8.27. The summed E-state index contributed by atoms with van der Waals surface area (Å²) in [6.45, 7) is 3.39. The number of aromatic nitrogens is 2. The number of aliphatic hydroxyl groups excluding tert-OH is 1. The van der Waals surface area contributed by atoms with E-state index in [4.69, 9.17) is 10.00 Å². The van der Waals surface area contributed by atoms with Gasteiger partial charge in [-0.05, 0) is 42.3 Å². The number of nitriles is 1. The van der Waals surface area contributed by atoms with E-state index >= 15 is 0 Å². The molecule has 2 aromatic carbocycles. The zero-order chi connectivity index (χ0) is 18.7. The van der Waals surface area contributed by atoms with E-state index in [-0.39, 0.29) is 18.7 Å². The first-order valence-corrected chi connectivity index (χ1v) is 8.27. The molecule has 6 heteroatoms. The van der Waals surface area contributed by atoms with Gasteiger partial charge in [-0.2, -0.15) is 10.4 Å². The molecule has 1 aromatic heterocycles. The third-order valence-corrected chi connectivity index (χ3v) is 4.30. The Hall–Kier alpha value is -3.17. The highest BCUT2D eigenvalue weighted by molar-refractivity contribution is 5.83. The number of ether oxygens (including phenoxy) is 1. The molecule has 0 aliphatic carbocycles. The SMILES string of the molecule is Cc1nn(CC(O)COc2ccc3ccccc3c2)c(=O)c(C#N)c1C. The summed E-state index contributed by atoms with van der Waals surface area (Å²) in [6, 6.07) is 15.5. The van der Waals surface area contributed by atoms with Crippen LogP contribution in [0.25, 0.3) is 10.8 Å². The predicted octanol–water partition coefficient (Wildman–Crippen LogP) is 2.32. The summed E-state index contributed by atoms with van der Waals surface area (Å²) in [7, 11) is 0. The van der Waals surface area contributed by atoms with Gasteiger partial charge in [0.15, 0.2) is 0 Å². The lowest BCUT2D eigenvalue weighted by molar-refractivity contribution is 0.0878. The van der Waals surface area contributed by atoms with Crippen molar-refractivity contribution >= 4 is 10.8 Å². The molecule has 1 unspecified atom stereocenters. The Kier molecular flexibility index (Phi) is 5.01. The highest BCUT2D eigenvalue weighted by atomic mass is 16.5. The number of rotatable bonds is 5. The van der Waals surface area contributed by atoms with Crippen molar-refractivity contribution in [3.63, 3.8) is 0 Å². The first kappa shape index (κ1) is 17.6. The Morgan fingerprint density at radius 1 is 1.23 bits per heavy atom. The number of hydrogen-bond acceptors (Lipinski definition) is 5. The minimum atomic E-state index is -0.930. The fourth-order valence-electron chi connectivity index (χ4n) is 2.73. The van der Waals surface area contributed by atoms with Gasteiger partial charge in [-0.15, -0.1) is 0 Å². The van der Waals surface area contributed by atoms with Crippen LogP contribution in [0.2, 0.25) is 0 Å². The van der Waals surface area contributed by atoms with Crippen molar-refractivity contribution in [1.29, 1.82) is 5.26 Å². The molecule has 0 radical (unpaired) electrons. The average molecular weight is 349 g/mol. The van der Waals surface area contributed by atoms with Crippen LogP contribution in [0.1, 0.15) is 16.8 Å². The number of aryl methyl sites for hydroxylation is 1. The molecule has 132 valence electrons. The lowest BCUT2D eigenvalue weighted by Crippen LogP contribution is -2.34. The third kappa shape index (κ3) is 3.58. The molecule has 0 saturated heterocycles. The maximum Gasteiger partial charge on any atom is 0.285 e. The van der Waals surface area contributed by atoms with Gasteiger partial charge in [0, 0.05) is 0 Å². The van der Waals surface area contributed by atoms with Crippen LogP contribution in [0.15, 0.2) is 47.3 Å². The van der Waals surface area contributed by atoms with Gasteiger partial charge in [-0.25, -0.2) is 4.68 Å². The van der Waals surface area contributed by atoms with Gasteiger partial charge < -0.3 is 9.84 Å². The van der Waals surface area contributed by atoms with Crippen LogP contribution in [0.4, 0.5) is 0 Å². The van der Waals surface area contributed by atoms with Gasteiger partial charge in [0.25, 0.3) is 5.56 Å². The Balaban J connectivity index is 1.71. The summed E-state index contributed by atoms with van der Waals surface area (Å²) in [5, 5.41) is 25.7. The number of nitrogens with zero attached hydrogens (tertiary/aromatic N) is 3. The summed E-state index contributed by atoms with van der Waals surface area (Å²) < 4.78 is 6.76.